The summed E-state index contributed by atoms with van der Waals surface area (Å²) < 4.78 is 3.32. The van der Waals surface area contributed by atoms with Gasteiger partial charge in [-0.05, 0) is 0 Å². The molecular formula is C26H34As2. The molecule has 28 heavy (non-hydrogen) atoms. The van der Waals surface area contributed by atoms with Gasteiger partial charge in [-0.15, -0.1) is 0 Å². The van der Waals surface area contributed by atoms with Gasteiger partial charge in [-0.1, -0.05) is 0 Å². The van der Waals surface area contributed by atoms with Crippen LogP contribution in [0.4, 0.5) is 0 Å². The topological polar surface area (TPSA) is 0 Å². The van der Waals surface area contributed by atoms with Gasteiger partial charge < -0.3 is 0 Å². The Labute approximate surface area is 181 Å². The predicted octanol–water partition coefficient (Wildman–Crippen LogP) is 7.17. The van der Waals surface area contributed by atoms with E-state index in [1.807, 2.05) is 0 Å². The van der Waals surface area contributed by atoms with Crippen LogP contribution in [0.15, 0.2) is 58.3 Å². The fourth-order valence-corrected chi connectivity index (χ4v) is 17.2. The van der Waals surface area contributed by atoms with Gasteiger partial charge in [-0.3, -0.25) is 0 Å². The molecule has 0 aliphatic carbocycles. The van der Waals surface area contributed by atoms with Crippen LogP contribution in [-0.2, 0) is 10.8 Å². The third-order valence-electron chi connectivity index (χ3n) is 5.47. The molecule has 0 saturated heterocycles. The molecule has 2 aromatic carbocycles. The second kappa shape index (κ2) is 8.05. The van der Waals surface area contributed by atoms with Gasteiger partial charge in [0.15, 0.2) is 0 Å². The molecule has 0 aromatic heterocycles. The standard InChI is InChI=1S/C26H34As2/c1-25(2,3)21-13-9-19(10-14-21)23-17-27(7)18-24(28(23)8)20-11-15-22(16-12-20)26(4,5)6/h9-18H,1-8H3. The van der Waals surface area contributed by atoms with E-state index in [1.165, 1.54) is 22.3 Å². The molecule has 1 aliphatic rings. The van der Waals surface area contributed by atoms with Crippen molar-refractivity contribution in [2.75, 3.05) is 0 Å². The van der Waals surface area contributed by atoms with Crippen molar-refractivity contribution >= 4 is 38.0 Å². The molecule has 3 rings (SSSR count). The van der Waals surface area contributed by atoms with E-state index in [-0.39, 0.29) is 10.8 Å². The van der Waals surface area contributed by atoms with Crippen LogP contribution >= 0.6 is 0 Å². The Bertz CT molecular complexity index is 810. The van der Waals surface area contributed by atoms with Crippen LogP contribution in [0.2, 0.25) is 11.4 Å². The molecule has 2 heteroatoms. The third kappa shape index (κ3) is 4.78. The molecule has 0 spiro atoms. The fourth-order valence-electron chi connectivity index (χ4n) is 3.54. The molecule has 148 valence electrons. The Balaban J connectivity index is 1.91. The first-order chi connectivity index (χ1) is 13.0. The Morgan fingerprint density at radius 2 is 0.857 bits per heavy atom. The van der Waals surface area contributed by atoms with E-state index in [0.29, 0.717) is 0 Å². The average molecular weight is 496 g/mol. The summed E-state index contributed by atoms with van der Waals surface area (Å²) in [4.78, 5) is 5.29. The quantitative estimate of drug-likeness (QED) is 0.387. The van der Waals surface area contributed by atoms with E-state index in [9.17, 15) is 0 Å². The normalized spacial score (nSPS) is 20.6. The van der Waals surface area contributed by atoms with E-state index >= 15 is 0 Å². The van der Waals surface area contributed by atoms with Gasteiger partial charge >= 0.3 is 182 Å². The van der Waals surface area contributed by atoms with Gasteiger partial charge in [-0.25, -0.2) is 0 Å². The minimum atomic E-state index is -1.25. The van der Waals surface area contributed by atoms with Gasteiger partial charge in [0.25, 0.3) is 0 Å². The molecule has 1 heterocycles. The van der Waals surface area contributed by atoms with E-state index in [1.54, 1.807) is 8.72 Å². The molecule has 1 aliphatic heterocycles. The van der Waals surface area contributed by atoms with E-state index in [4.69, 9.17) is 0 Å². The Morgan fingerprint density at radius 1 is 0.536 bits per heavy atom. The molecule has 0 nitrogen and oxygen atoms in total. The maximum absolute atomic E-state index is 2.64. The summed E-state index contributed by atoms with van der Waals surface area (Å²) in [7, 11) is 0. The van der Waals surface area contributed by atoms with Crippen LogP contribution in [-0.4, -0.2) is 29.3 Å². The van der Waals surface area contributed by atoms with Gasteiger partial charge in [0.1, 0.15) is 0 Å². The van der Waals surface area contributed by atoms with Crippen molar-refractivity contribution in [3.63, 3.8) is 0 Å². The number of hydrogen-bond donors (Lipinski definition) is 0. The summed E-state index contributed by atoms with van der Waals surface area (Å²) in [6, 6.07) is 18.8. The maximum atomic E-state index is 2.64. The molecule has 0 fully saturated rings. The monoisotopic (exact) mass is 496 g/mol. The number of rotatable bonds is 2. The summed E-state index contributed by atoms with van der Waals surface area (Å²) in [6.07, 6.45) is 0. The van der Waals surface area contributed by atoms with Crippen molar-refractivity contribution in [2.45, 2.75) is 63.8 Å². The molecule has 0 unspecified atom stereocenters. The molecule has 0 N–H and O–H groups in total. The first-order valence-corrected chi connectivity index (χ1v) is 17.9. The first kappa shape index (κ1) is 21.7. The van der Waals surface area contributed by atoms with Gasteiger partial charge in [0.2, 0.25) is 0 Å². The number of hydrogen-bond acceptors (Lipinski definition) is 0. The fraction of sp³-hybridized carbons (Fsp3) is 0.385. The molecular weight excluding hydrogens is 462 g/mol. The summed E-state index contributed by atoms with van der Waals surface area (Å²) in [6.45, 7) is 13.7. The van der Waals surface area contributed by atoms with E-state index in [0.717, 1.165) is 0 Å². The zero-order chi connectivity index (χ0) is 20.7. The third-order valence-corrected chi connectivity index (χ3v) is 14.8. The molecule has 0 saturated carbocycles. The van der Waals surface area contributed by atoms with Gasteiger partial charge in [0.05, 0.1) is 0 Å². The van der Waals surface area contributed by atoms with Crippen LogP contribution in [0.5, 0.6) is 0 Å². The molecule has 0 radical (unpaired) electrons. The Hall–Kier alpha value is -0.963. The van der Waals surface area contributed by atoms with Gasteiger partial charge in [-0.2, -0.15) is 0 Å². The van der Waals surface area contributed by atoms with Crippen molar-refractivity contribution in [3.8, 4) is 0 Å². The Morgan fingerprint density at radius 3 is 1.14 bits per heavy atom. The van der Waals surface area contributed by atoms with Crippen molar-refractivity contribution in [1.82, 2.24) is 0 Å². The first-order valence-electron chi connectivity index (χ1n) is 10.1. The summed E-state index contributed by atoms with van der Waals surface area (Å²) >= 11 is -2.29. The summed E-state index contributed by atoms with van der Waals surface area (Å²) in [5, 5.41) is 0. The van der Waals surface area contributed by atoms with Crippen LogP contribution in [0.3, 0.4) is 0 Å². The van der Waals surface area contributed by atoms with Crippen LogP contribution in [0.1, 0.15) is 63.8 Å². The molecule has 0 bridgehead atoms. The Kier molecular flexibility index (Phi) is 6.25. The van der Waals surface area contributed by atoms with Crippen LogP contribution in [0.25, 0.3) is 8.72 Å². The van der Waals surface area contributed by atoms with Gasteiger partial charge in [0, 0.05) is 0 Å². The predicted molar refractivity (Wildman–Crippen MR) is 129 cm³/mol. The van der Waals surface area contributed by atoms with Crippen LogP contribution < -0.4 is 0 Å². The molecule has 2 aromatic rings. The zero-order valence-electron chi connectivity index (χ0n) is 18.7. The number of benzene rings is 2. The van der Waals surface area contributed by atoms with Crippen molar-refractivity contribution < 1.29 is 0 Å². The van der Waals surface area contributed by atoms with Crippen molar-refractivity contribution in [3.05, 3.63) is 80.5 Å². The van der Waals surface area contributed by atoms with Crippen molar-refractivity contribution in [1.29, 1.82) is 0 Å². The molecule has 0 atom stereocenters. The SMILES string of the molecule is C[As]1C=C(c2ccc(C(C)(C)C)cc2)[As](C)C(c2ccc(C(C)(C)C)cc2)=C1. The van der Waals surface area contributed by atoms with E-state index in [2.05, 4.69) is 111 Å². The van der Waals surface area contributed by atoms with E-state index < -0.39 is 29.3 Å². The minimum absolute atomic E-state index is 0.214. The summed E-state index contributed by atoms with van der Waals surface area (Å²) in [5.74, 6) is 0. The summed E-state index contributed by atoms with van der Waals surface area (Å²) in [5.41, 5.74) is 11.1. The average Bonchev–Trinajstić information content (AvgIpc) is 2.62. The van der Waals surface area contributed by atoms with Crippen LogP contribution in [0, 0.1) is 0 Å². The zero-order valence-corrected chi connectivity index (χ0v) is 22.4. The van der Waals surface area contributed by atoms with Crippen molar-refractivity contribution in [2.24, 2.45) is 0 Å². The second-order valence-electron chi connectivity index (χ2n) is 9.91. The second-order valence-corrected chi connectivity index (χ2v) is 18.2. The molecule has 0 amide bonds.